The number of nitrogens with zero attached hydrogens (tertiary/aromatic N) is 1. The molecule has 4 nitrogen and oxygen atoms in total. The minimum Gasteiger partial charge on any atom is -0.398 e. The van der Waals surface area contributed by atoms with E-state index >= 15 is 0 Å². The highest BCUT2D eigenvalue weighted by molar-refractivity contribution is 14.1. The summed E-state index contributed by atoms with van der Waals surface area (Å²) in [5.74, 6) is 0. The summed E-state index contributed by atoms with van der Waals surface area (Å²) in [4.78, 5) is 1.94. The normalized spacial score (nSPS) is 10.6. The van der Waals surface area contributed by atoms with E-state index in [1.807, 2.05) is 47.4 Å². The Morgan fingerprint density at radius 1 is 0.952 bits per heavy atom. The van der Waals surface area contributed by atoms with E-state index < -0.39 is 0 Å². The van der Waals surface area contributed by atoms with Crippen molar-refractivity contribution in [2.24, 2.45) is 0 Å². The van der Waals surface area contributed by atoms with Gasteiger partial charge in [-0.1, -0.05) is 12.1 Å². The molecule has 0 saturated carbocycles. The molecule has 0 fully saturated rings. The van der Waals surface area contributed by atoms with Gasteiger partial charge in [-0.25, -0.2) is 0 Å². The molecule has 0 bridgehead atoms. The quantitative estimate of drug-likeness (QED) is 0.516. The highest BCUT2D eigenvalue weighted by Gasteiger charge is 2.09. The third kappa shape index (κ3) is 4.09. The lowest BCUT2D eigenvalue weighted by atomic mass is 10.0. The van der Waals surface area contributed by atoms with E-state index in [1.54, 1.807) is 0 Å². The zero-order valence-corrected chi connectivity index (χ0v) is 13.8. The molecule has 112 valence electrons. The van der Waals surface area contributed by atoms with E-state index in [2.05, 4.69) is 22.6 Å². The zero-order valence-electron chi connectivity index (χ0n) is 11.7. The standard InChI is InChI=1S/C16H19IN2O2/c17-13-3-1-12(2-4-13)15-11-14(5-6-16(15)18)19(7-9-20)8-10-21/h1-6,11,20-21H,7-10,18H2. The molecule has 0 radical (unpaired) electrons. The first-order valence-electron chi connectivity index (χ1n) is 6.78. The van der Waals surface area contributed by atoms with Crippen molar-refractivity contribution in [3.63, 3.8) is 0 Å². The van der Waals surface area contributed by atoms with Gasteiger partial charge in [0.05, 0.1) is 13.2 Å². The van der Waals surface area contributed by atoms with Crippen LogP contribution in [-0.2, 0) is 0 Å². The SMILES string of the molecule is Nc1ccc(N(CCO)CCO)cc1-c1ccc(I)cc1. The van der Waals surface area contributed by atoms with Gasteiger partial charge in [0.2, 0.25) is 0 Å². The van der Waals surface area contributed by atoms with Crippen LogP contribution in [-0.4, -0.2) is 36.5 Å². The number of rotatable bonds is 6. The molecule has 0 atom stereocenters. The summed E-state index contributed by atoms with van der Waals surface area (Å²) in [5.41, 5.74) is 9.77. The molecular formula is C16H19IN2O2. The monoisotopic (exact) mass is 398 g/mol. The average molecular weight is 398 g/mol. The van der Waals surface area contributed by atoms with E-state index in [0.29, 0.717) is 18.8 Å². The number of nitrogens with two attached hydrogens (primary N) is 1. The first kappa shape index (κ1) is 16.1. The van der Waals surface area contributed by atoms with Gasteiger partial charge in [-0.2, -0.15) is 0 Å². The highest BCUT2D eigenvalue weighted by atomic mass is 127. The Kier molecular flexibility index (Phi) is 5.84. The lowest BCUT2D eigenvalue weighted by molar-refractivity contribution is 0.281. The van der Waals surface area contributed by atoms with Crippen LogP contribution < -0.4 is 10.6 Å². The number of benzene rings is 2. The first-order chi connectivity index (χ1) is 10.2. The predicted molar refractivity (Wildman–Crippen MR) is 95.4 cm³/mol. The molecule has 0 heterocycles. The largest absolute Gasteiger partial charge is 0.398 e. The van der Waals surface area contributed by atoms with Crippen molar-refractivity contribution in [1.82, 2.24) is 0 Å². The van der Waals surface area contributed by atoms with Gasteiger partial charge in [-0.3, -0.25) is 0 Å². The summed E-state index contributed by atoms with van der Waals surface area (Å²) in [6, 6.07) is 14.0. The number of anilines is 2. The van der Waals surface area contributed by atoms with E-state index in [4.69, 9.17) is 15.9 Å². The molecule has 5 heteroatoms. The van der Waals surface area contributed by atoms with Crippen LogP contribution in [0.2, 0.25) is 0 Å². The van der Waals surface area contributed by atoms with Crippen molar-refractivity contribution >= 4 is 34.0 Å². The maximum Gasteiger partial charge on any atom is 0.0606 e. The van der Waals surface area contributed by atoms with Crippen LogP contribution in [0.5, 0.6) is 0 Å². The molecule has 0 spiro atoms. The van der Waals surface area contributed by atoms with Crippen LogP contribution in [0, 0.1) is 3.57 Å². The van der Waals surface area contributed by atoms with Crippen LogP contribution in [0.1, 0.15) is 0 Å². The predicted octanol–water partition coefficient (Wildman–Crippen LogP) is 2.33. The second kappa shape index (κ2) is 7.63. The molecule has 0 aliphatic heterocycles. The molecule has 0 unspecified atom stereocenters. The van der Waals surface area contributed by atoms with E-state index in [0.717, 1.165) is 16.8 Å². The Balaban J connectivity index is 2.38. The first-order valence-corrected chi connectivity index (χ1v) is 7.85. The Bertz CT molecular complexity index is 581. The number of halogens is 1. The topological polar surface area (TPSA) is 69.7 Å². The molecule has 0 aliphatic carbocycles. The summed E-state index contributed by atoms with van der Waals surface area (Å²) in [6.07, 6.45) is 0. The van der Waals surface area contributed by atoms with Crippen molar-refractivity contribution in [3.8, 4) is 11.1 Å². The minimum atomic E-state index is 0.0449. The van der Waals surface area contributed by atoms with E-state index in [-0.39, 0.29) is 13.2 Å². The van der Waals surface area contributed by atoms with Crippen LogP contribution in [0.3, 0.4) is 0 Å². The number of aliphatic hydroxyl groups is 2. The molecule has 2 aromatic carbocycles. The maximum absolute atomic E-state index is 9.15. The molecule has 0 amide bonds. The van der Waals surface area contributed by atoms with Crippen molar-refractivity contribution in [2.75, 3.05) is 36.9 Å². The molecule has 0 saturated heterocycles. The Labute approximate surface area is 138 Å². The highest BCUT2D eigenvalue weighted by Crippen LogP contribution is 2.30. The maximum atomic E-state index is 9.15. The molecule has 21 heavy (non-hydrogen) atoms. The van der Waals surface area contributed by atoms with Gasteiger partial charge in [0, 0.05) is 33.6 Å². The van der Waals surface area contributed by atoms with Gasteiger partial charge in [-0.15, -0.1) is 0 Å². The van der Waals surface area contributed by atoms with Gasteiger partial charge in [-0.05, 0) is 58.5 Å². The van der Waals surface area contributed by atoms with Gasteiger partial charge in [0.25, 0.3) is 0 Å². The van der Waals surface area contributed by atoms with Crippen molar-refractivity contribution in [2.45, 2.75) is 0 Å². The number of hydrogen-bond donors (Lipinski definition) is 3. The van der Waals surface area contributed by atoms with Crippen molar-refractivity contribution in [1.29, 1.82) is 0 Å². The summed E-state index contributed by atoms with van der Waals surface area (Å²) < 4.78 is 1.17. The lowest BCUT2D eigenvalue weighted by Crippen LogP contribution is -2.29. The van der Waals surface area contributed by atoms with Crippen LogP contribution in [0.15, 0.2) is 42.5 Å². The third-order valence-corrected chi connectivity index (χ3v) is 4.02. The summed E-state index contributed by atoms with van der Waals surface area (Å²) >= 11 is 2.27. The Morgan fingerprint density at radius 2 is 1.57 bits per heavy atom. The van der Waals surface area contributed by atoms with Crippen LogP contribution in [0.4, 0.5) is 11.4 Å². The molecule has 0 aliphatic rings. The molecule has 2 aromatic rings. The number of aliphatic hydroxyl groups excluding tert-OH is 2. The second-order valence-corrected chi connectivity index (χ2v) is 5.96. The average Bonchev–Trinajstić information content (AvgIpc) is 2.49. The summed E-state index contributed by atoms with van der Waals surface area (Å²) in [6.45, 7) is 1.06. The number of nitrogen functional groups attached to an aromatic ring is 1. The van der Waals surface area contributed by atoms with Crippen molar-refractivity contribution < 1.29 is 10.2 Å². The van der Waals surface area contributed by atoms with Crippen molar-refractivity contribution in [3.05, 3.63) is 46.0 Å². The third-order valence-electron chi connectivity index (χ3n) is 3.30. The molecule has 4 N–H and O–H groups in total. The van der Waals surface area contributed by atoms with Crippen LogP contribution in [0.25, 0.3) is 11.1 Å². The van der Waals surface area contributed by atoms with Gasteiger partial charge >= 0.3 is 0 Å². The fourth-order valence-electron chi connectivity index (χ4n) is 2.23. The molecule has 0 aromatic heterocycles. The Morgan fingerprint density at radius 3 is 2.14 bits per heavy atom. The zero-order chi connectivity index (χ0) is 15.2. The van der Waals surface area contributed by atoms with Gasteiger partial charge in [0.15, 0.2) is 0 Å². The summed E-state index contributed by atoms with van der Waals surface area (Å²) in [7, 11) is 0. The fraction of sp³-hybridized carbons (Fsp3) is 0.250. The molecule has 2 rings (SSSR count). The van der Waals surface area contributed by atoms with Gasteiger partial charge in [0.1, 0.15) is 0 Å². The van der Waals surface area contributed by atoms with E-state index in [1.165, 1.54) is 3.57 Å². The minimum absolute atomic E-state index is 0.0449. The smallest absolute Gasteiger partial charge is 0.0606 e. The molecular weight excluding hydrogens is 379 g/mol. The summed E-state index contributed by atoms with van der Waals surface area (Å²) in [5, 5.41) is 18.3. The lowest BCUT2D eigenvalue weighted by Gasteiger charge is -2.24. The van der Waals surface area contributed by atoms with Crippen LogP contribution >= 0.6 is 22.6 Å². The fourth-order valence-corrected chi connectivity index (χ4v) is 2.59. The van der Waals surface area contributed by atoms with E-state index in [9.17, 15) is 0 Å². The Hall–Kier alpha value is -1.31. The number of hydrogen-bond acceptors (Lipinski definition) is 4. The second-order valence-electron chi connectivity index (χ2n) is 4.71. The van der Waals surface area contributed by atoms with Gasteiger partial charge < -0.3 is 20.8 Å².